The summed E-state index contributed by atoms with van der Waals surface area (Å²) in [5.74, 6) is -1.28. The highest BCUT2D eigenvalue weighted by molar-refractivity contribution is 6.45. The van der Waals surface area contributed by atoms with Gasteiger partial charge in [0.05, 0.1) is 16.8 Å². The summed E-state index contributed by atoms with van der Waals surface area (Å²) in [7, 11) is 1.85. The lowest BCUT2D eigenvalue weighted by atomic mass is 10.1. The van der Waals surface area contributed by atoms with E-state index in [-0.39, 0.29) is 30.1 Å². The van der Waals surface area contributed by atoms with Crippen LogP contribution in [-0.4, -0.2) is 102 Å². The number of aromatic amines is 1. The van der Waals surface area contributed by atoms with Gasteiger partial charge in [-0.2, -0.15) is 0 Å². The third-order valence-electron chi connectivity index (χ3n) is 7.35. The van der Waals surface area contributed by atoms with Crippen LogP contribution in [0.4, 0.5) is 10.5 Å². The molecule has 1 atom stereocenters. The Labute approximate surface area is 221 Å². The molecule has 0 aliphatic carbocycles. The number of carbonyl (C=O) groups is 4. The van der Waals surface area contributed by atoms with E-state index in [4.69, 9.17) is 0 Å². The maximum absolute atomic E-state index is 13.4. The molecule has 10 heteroatoms. The number of carbonyl (C=O) groups excluding carboxylic acids is 4. The smallest absolute Gasteiger partial charge is 0.324 e. The number of anilines is 1. The van der Waals surface area contributed by atoms with Gasteiger partial charge in [-0.05, 0) is 32.2 Å². The molecule has 5 rings (SSSR count). The summed E-state index contributed by atoms with van der Waals surface area (Å²) in [6, 6.07) is 14.1. The molecule has 0 spiro atoms. The first kappa shape index (κ1) is 25.5. The predicted octanol–water partition coefficient (Wildman–Crippen LogP) is 2.19. The van der Waals surface area contributed by atoms with Crippen molar-refractivity contribution in [1.29, 1.82) is 0 Å². The van der Waals surface area contributed by atoms with Crippen molar-refractivity contribution in [3.63, 3.8) is 0 Å². The molecule has 0 bridgehead atoms. The number of H-pyrrole nitrogens is 1. The molecule has 0 radical (unpaired) electrons. The lowest BCUT2D eigenvalue weighted by Gasteiger charge is -2.39. The highest BCUT2D eigenvalue weighted by Crippen LogP contribution is 2.31. The van der Waals surface area contributed by atoms with Gasteiger partial charge in [-0.1, -0.05) is 30.3 Å². The molecule has 4 amide bonds. The van der Waals surface area contributed by atoms with Gasteiger partial charge in [0.2, 0.25) is 0 Å². The molecule has 2 N–H and O–H groups in total. The van der Waals surface area contributed by atoms with E-state index in [0.717, 1.165) is 0 Å². The molecule has 2 saturated heterocycles. The number of fused-ring (bicyclic) bond motifs is 1. The quantitative estimate of drug-likeness (QED) is 0.370. The molecule has 2 aromatic carbocycles. The number of amides is 4. The number of benzene rings is 2. The Morgan fingerprint density at radius 1 is 1.00 bits per heavy atom. The molecule has 2 fully saturated rings. The van der Waals surface area contributed by atoms with E-state index in [2.05, 4.69) is 10.3 Å². The fourth-order valence-electron chi connectivity index (χ4n) is 5.26. The number of nitrogens with zero attached hydrogens (tertiary/aromatic N) is 4. The topological polar surface area (TPSA) is 109 Å². The Bertz CT molecular complexity index is 1370. The molecule has 3 heterocycles. The van der Waals surface area contributed by atoms with Gasteiger partial charge in [-0.25, -0.2) is 4.79 Å². The Kier molecular flexibility index (Phi) is 7.15. The third kappa shape index (κ3) is 4.63. The maximum atomic E-state index is 13.4. The number of para-hydroxylation sites is 1. The van der Waals surface area contributed by atoms with Crippen LogP contribution in [0.2, 0.25) is 0 Å². The number of hydrogen-bond acceptors (Lipinski definition) is 5. The number of urea groups is 1. The van der Waals surface area contributed by atoms with Gasteiger partial charge >= 0.3 is 6.03 Å². The minimum absolute atomic E-state index is 0.0805. The average Bonchev–Trinajstić information content (AvgIpc) is 3.54. The van der Waals surface area contributed by atoms with Gasteiger partial charge in [-0.3, -0.25) is 19.3 Å². The number of hydrogen-bond donors (Lipinski definition) is 2. The van der Waals surface area contributed by atoms with Crippen molar-refractivity contribution in [2.75, 3.05) is 57.8 Å². The normalized spacial score (nSPS) is 17.9. The van der Waals surface area contributed by atoms with Crippen LogP contribution in [0.5, 0.6) is 0 Å². The van der Waals surface area contributed by atoms with Crippen molar-refractivity contribution >= 4 is 40.2 Å². The second-order valence-corrected chi connectivity index (χ2v) is 9.72. The van der Waals surface area contributed by atoms with Gasteiger partial charge < -0.3 is 25.0 Å². The lowest BCUT2D eigenvalue weighted by Crippen LogP contribution is -2.56. The van der Waals surface area contributed by atoms with Crippen molar-refractivity contribution in [1.82, 2.24) is 25.0 Å². The van der Waals surface area contributed by atoms with Crippen molar-refractivity contribution < 1.29 is 19.2 Å². The zero-order valence-corrected chi connectivity index (χ0v) is 21.6. The van der Waals surface area contributed by atoms with Crippen molar-refractivity contribution in [2.24, 2.45) is 0 Å². The molecule has 1 aromatic heterocycles. The van der Waals surface area contributed by atoms with Gasteiger partial charge in [0.1, 0.15) is 0 Å². The molecule has 0 unspecified atom stereocenters. The second kappa shape index (κ2) is 10.7. The highest BCUT2D eigenvalue weighted by atomic mass is 16.2. The Morgan fingerprint density at radius 3 is 2.53 bits per heavy atom. The number of rotatable bonds is 7. The summed E-state index contributed by atoms with van der Waals surface area (Å²) < 4.78 is 0. The van der Waals surface area contributed by atoms with E-state index < -0.39 is 11.7 Å². The van der Waals surface area contributed by atoms with Crippen molar-refractivity contribution in [3.8, 4) is 0 Å². The number of likely N-dealkylation sites (N-methyl/N-ethyl adjacent to an activating group) is 1. The van der Waals surface area contributed by atoms with Crippen LogP contribution in [-0.2, 0) is 4.79 Å². The number of ketones is 1. The van der Waals surface area contributed by atoms with Crippen LogP contribution >= 0.6 is 0 Å². The fourth-order valence-corrected chi connectivity index (χ4v) is 5.26. The maximum Gasteiger partial charge on any atom is 0.324 e. The van der Waals surface area contributed by atoms with E-state index in [9.17, 15) is 19.2 Å². The molecule has 198 valence electrons. The first-order chi connectivity index (χ1) is 18.4. The molecule has 38 heavy (non-hydrogen) atoms. The summed E-state index contributed by atoms with van der Waals surface area (Å²) in [6.45, 7) is 5.34. The lowest BCUT2D eigenvalue weighted by molar-refractivity contribution is -0.130. The zero-order valence-electron chi connectivity index (χ0n) is 21.6. The summed E-state index contributed by atoms with van der Waals surface area (Å²) in [6.07, 6.45) is 1.55. The number of aromatic nitrogens is 1. The molecule has 2 aliphatic rings. The molecule has 2 aliphatic heterocycles. The minimum Gasteiger partial charge on any atom is -0.359 e. The van der Waals surface area contributed by atoms with Crippen LogP contribution in [0.25, 0.3) is 10.9 Å². The molecule has 3 aromatic rings. The summed E-state index contributed by atoms with van der Waals surface area (Å²) in [5, 5.41) is 3.66. The number of piperazine rings is 1. The summed E-state index contributed by atoms with van der Waals surface area (Å²) >= 11 is 0. The Morgan fingerprint density at radius 2 is 1.79 bits per heavy atom. The van der Waals surface area contributed by atoms with Crippen LogP contribution < -0.4 is 10.2 Å². The van der Waals surface area contributed by atoms with E-state index in [1.807, 2.05) is 38.2 Å². The number of nitrogens with one attached hydrogen (secondary N) is 2. The summed E-state index contributed by atoms with van der Waals surface area (Å²) in [5.41, 5.74) is 2.22. The van der Waals surface area contributed by atoms with Crippen LogP contribution in [0.3, 0.4) is 0 Å². The van der Waals surface area contributed by atoms with E-state index in [1.54, 1.807) is 50.1 Å². The number of Topliss-reactive ketones (excluding diaryl/α,β-unsaturated/α-hetero) is 1. The van der Waals surface area contributed by atoms with Gasteiger partial charge in [0.25, 0.3) is 17.6 Å². The monoisotopic (exact) mass is 516 g/mol. The fraction of sp³-hybridized carbons (Fsp3) is 0.357. The zero-order chi connectivity index (χ0) is 26.8. The van der Waals surface area contributed by atoms with Gasteiger partial charge in [-0.15, -0.1) is 0 Å². The van der Waals surface area contributed by atoms with Crippen molar-refractivity contribution in [3.05, 3.63) is 65.9 Å². The standard InChI is InChI=1S/C28H32N6O4/c1-19-18-32(26(36)20-7-4-3-5-8-20)14-15-33(19)27(37)25(35)22-17-30-24-21(22)9-6-10-23(24)34-16-13-31(28(34)38)12-11-29-2/h3-10,17,19,29-30H,11-16,18H2,1-2H3/t19-/m1/s1. The molecule has 0 saturated carbocycles. The highest BCUT2D eigenvalue weighted by Gasteiger charge is 2.35. The predicted molar refractivity (Wildman–Crippen MR) is 144 cm³/mol. The SMILES string of the molecule is CNCCN1CCN(c2cccc3c(C(=O)C(=O)N4CCN(C(=O)c5ccccc5)C[C@H]4C)c[nH]c23)C1=O. The Balaban J connectivity index is 1.31. The second-order valence-electron chi connectivity index (χ2n) is 9.72. The van der Waals surface area contributed by atoms with Crippen molar-refractivity contribution in [2.45, 2.75) is 13.0 Å². The third-order valence-corrected chi connectivity index (χ3v) is 7.35. The van der Waals surface area contributed by atoms with Crippen LogP contribution in [0.15, 0.2) is 54.7 Å². The van der Waals surface area contributed by atoms with E-state index in [0.29, 0.717) is 61.4 Å². The molecular formula is C28H32N6O4. The minimum atomic E-state index is -0.605. The first-order valence-electron chi connectivity index (χ1n) is 12.9. The molecular weight excluding hydrogens is 484 g/mol. The summed E-state index contributed by atoms with van der Waals surface area (Å²) in [4.78, 5) is 62.4. The largest absolute Gasteiger partial charge is 0.359 e. The first-order valence-corrected chi connectivity index (χ1v) is 12.9. The van der Waals surface area contributed by atoms with E-state index >= 15 is 0 Å². The van der Waals surface area contributed by atoms with Crippen LogP contribution in [0.1, 0.15) is 27.6 Å². The van der Waals surface area contributed by atoms with Gasteiger partial charge in [0.15, 0.2) is 0 Å². The van der Waals surface area contributed by atoms with Crippen LogP contribution in [0, 0.1) is 0 Å². The van der Waals surface area contributed by atoms with Gasteiger partial charge in [0, 0.05) is 69.0 Å². The Hall–Kier alpha value is -4.18. The molecule has 10 nitrogen and oxygen atoms in total. The average molecular weight is 517 g/mol. The van der Waals surface area contributed by atoms with E-state index in [1.165, 1.54) is 0 Å².